The van der Waals surface area contributed by atoms with E-state index < -0.39 is 0 Å². The van der Waals surface area contributed by atoms with E-state index in [1.165, 1.54) is 19.3 Å². The number of likely N-dealkylation sites (tertiary alicyclic amines) is 1. The molecule has 2 atom stereocenters. The second-order valence-corrected chi connectivity index (χ2v) is 5.25. The SMILES string of the molecule is Nc1ccccc1CC(=O)N1CC2CCC1C2. The maximum Gasteiger partial charge on any atom is 0.227 e. The summed E-state index contributed by atoms with van der Waals surface area (Å²) in [6.45, 7) is 0.968. The summed E-state index contributed by atoms with van der Waals surface area (Å²) >= 11 is 0. The van der Waals surface area contributed by atoms with Gasteiger partial charge >= 0.3 is 0 Å². The first-order valence-corrected chi connectivity index (χ1v) is 6.37. The molecule has 90 valence electrons. The number of amides is 1. The molecule has 1 aliphatic heterocycles. The fourth-order valence-corrected chi connectivity index (χ4v) is 3.19. The molecule has 2 aliphatic rings. The molecule has 3 heteroatoms. The number of benzene rings is 1. The Hall–Kier alpha value is -1.51. The summed E-state index contributed by atoms with van der Waals surface area (Å²) in [6.07, 6.45) is 4.18. The van der Waals surface area contributed by atoms with Gasteiger partial charge in [-0.3, -0.25) is 4.79 Å². The lowest BCUT2D eigenvalue weighted by Crippen LogP contribution is -2.38. The van der Waals surface area contributed by atoms with Gasteiger partial charge in [0.05, 0.1) is 6.42 Å². The Morgan fingerprint density at radius 1 is 1.35 bits per heavy atom. The largest absolute Gasteiger partial charge is 0.398 e. The summed E-state index contributed by atoms with van der Waals surface area (Å²) in [5, 5.41) is 0. The van der Waals surface area contributed by atoms with Gasteiger partial charge in [0.25, 0.3) is 0 Å². The van der Waals surface area contributed by atoms with Gasteiger partial charge in [0, 0.05) is 18.3 Å². The first-order chi connectivity index (χ1) is 8.24. The van der Waals surface area contributed by atoms with Gasteiger partial charge in [0.1, 0.15) is 0 Å². The van der Waals surface area contributed by atoms with E-state index in [0.29, 0.717) is 12.5 Å². The van der Waals surface area contributed by atoms with Crippen LogP contribution in [0.2, 0.25) is 0 Å². The number of hydrogen-bond donors (Lipinski definition) is 1. The average molecular weight is 230 g/mol. The number of carbonyl (C=O) groups is 1. The predicted molar refractivity (Wildman–Crippen MR) is 67.4 cm³/mol. The molecule has 1 aromatic rings. The van der Waals surface area contributed by atoms with E-state index in [1.54, 1.807) is 0 Å². The first-order valence-electron chi connectivity index (χ1n) is 6.37. The number of nitrogens with two attached hydrogens (primary N) is 1. The maximum absolute atomic E-state index is 12.2. The lowest BCUT2D eigenvalue weighted by Gasteiger charge is -2.27. The van der Waals surface area contributed by atoms with Crippen LogP contribution in [-0.2, 0) is 11.2 Å². The Bertz CT molecular complexity index is 444. The molecule has 1 aliphatic carbocycles. The molecular formula is C14H18N2O. The zero-order valence-corrected chi connectivity index (χ0v) is 9.93. The number of piperidine rings is 1. The standard InChI is InChI=1S/C14H18N2O/c15-13-4-2-1-3-11(13)8-14(17)16-9-10-5-6-12(16)7-10/h1-4,10,12H,5-9,15H2. The van der Waals surface area contributed by atoms with Crippen LogP contribution < -0.4 is 5.73 Å². The molecule has 3 nitrogen and oxygen atoms in total. The highest BCUT2D eigenvalue weighted by Gasteiger charge is 2.39. The van der Waals surface area contributed by atoms with Gasteiger partial charge in [0.15, 0.2) is 0 Å². The van der Waals surface area contributed by atoms with Crippen LogP contribution in [-0.4, -0.2) is 23.4 Å². The van der Waals surface area contributed by atoms with Gasteiger partial charge < -0.3 is 10.6 Å². The van der Waals surface area contributed by atoms with Crippen molar-refractivity contribution in [1.82, 2.24) is 4.90 Å². The lowest BCUT2D eigenvalue weighted by molar-refractivity contribution is -0.132. The summed E-state index contributed by atoms with van der Waals surface area (Å²) < 4.78 is 0. The Kier molecular flexibility index (Phi) is 2.54. The number of para-hydroxylation sites is 1. The van der Waals surface area contributed by atoms with Crippen LogP contribution >= 0.6 is 0 Å². The Morgan fingerprint density at radius 2 is 2.18 bits per heavy atom. The zero-order chi connectivity index (χ0) is 11.8. The van der Waals surface area contributed by atoms with Crippen molar-refractivity contribution < 1.29 is 4.79 Å². The van der Waals surface area contributed by atoms with Crippen molar-refractivity contribution in [2.24, 2.45) is 5.92 Å². The van der Waals surface area contributed by atoms with Crippen molar-refractivity contribution in [3.8, 4) is 0 Å². The minimum absolute atomic E-state index is 0.245. The van der Waals surface area contributed by atoms with E-state index in [4.69, 9.17) is 5.73 Å². The number of carbonyl (C=O) groups excluding carboxylic acids is 1. The summed E-state index contributed by atoms with van der Waals surface area (Å²) in [5.41, 5.74) is 7.56. The highest BCUT2D eigenvalue weighted by molar-refractivity contribution is 5.81. The monoisotopic (exact) mass is 230 g/mol. The van der Waals surface area contributed by atoms with Crippen molar-refractivity contribution in [2.45, 2.75) is 31.7 Å². The van der Waals surface area contributed by atoms with Gasteiger partial charge in [-0.05, 0) is 36.8 Å². The highest BCUT2D eigenvalue weighted by atomic mass is 16.2. The molecule has 0 spiro atoms. The quantitative estimate of drug-likeness (QED) is 0.788. The smallest absolute Gasteiger partial charge is 0.227 e. The van der Waals surface area contributed by atoms with Crippen molar-refractivity contribution >= 4 is 11.6 Å². The number of fused-ring (bicyclic) bond motifs is 2. The molecule has 2 bridgehead atoms. The Balaban J connectivity index is 1.70. The van der Waals surface area contributed by atoms with Crippen LogP contribution in [0.25, 0.3) is 0 Å². The molecule has 1 aromatic carbocycles. The molecule has 1 amide bonds. The second kappa shape index (κ2) is 4.06. The summed E-state index contributed by atoms with van der Waals surface area (Å²) in [4.78, 5) is 14.3. The number of nitrogens with zero attached hydrogens (tertiary/aromatic N) is 1. The van der Waals surface area contributed by atoms with Crippen LogP contribution in [0.3, 0.4) is 0 Å². The minimum Gasteiger partial charge on any atom is -0.398 e. The topological polar surface area (TPSA) is 46.3 Å². The normalized spacial score (nSPS) is 26.5. The fraction of sp³-hybridized carbons (Fsp3) is 0.500. The average Bonchev–Trinajstić information content (AvgIpc) is 2.94. The van der Waals surface area contributed by atoms with Crippen LogP contribution in [0, 0.1) is 5.92 Å². The molecule has 3 rings (SSSR count). The number of hydrogen-bond acceptors (Lipinski definition) is 2. The van der Waals surface area contributed by atoms with Gasteiger partial charge in [-0.2, -0.15) is 0 Å². The van der Waals surface area contributed by atoms with Gasteiger partial charge in [-0.15, -0.1) is 0 Å². The molecule has 17 heavy (non-hydrogen) atoms. The maximum atomic E-state index is 12.2. The highest BCUT2D eigenvalue weighted by Crippen LogP contribution is 2.37. The third-order valence-electron chi connectivity index (χ3n) is 4.13. The fourth-order valence-electron chi connectivity index (χ4n) is 3.19. The van der Waals surface area contributed by atoms with Crippen molar-refractivity contribution in [3.05, 3.63) is 29.8 Å². The summed E-state index contributed by atoms with van der Waals surface area (Å²) in [6, 6.07) is 8.16. The van der Waals surface area contributed by atoms with Crippen LogP contribution in [0.15, 0.2) is 24.3 Å². The third kappa shape index (κ3) is 1.90. The zero-order valence-electron chi connectivity index (χ0n) is 9.93. The first kappa shape index (κ1) is 10.6. The summed E-state index contributed by atoms with van der Waals surface area (Å²) in [7, 11) is 0. The van der Waals surface area contributed by atoms with Crippen LogP contribution in [0.5, 0.6) is 0 Å². The minimum atomic E-state index is 0.245. The molecule has 2 unspecified atom stereocenters. The molecule has 1 saturated carbocycles. The molecule has 0 aromatic heterocycles. The third-order valence-corrected chi connectivity index (χ3v) is 4.13. The van der Waals surface area contributed by atoms with Crippen molar-refractivity contribution in [3.63, 3.8) is 0 Å². The molecule has 2 fully saturated rings. The second-order valence-electron chi connectivity index (χ2n) is 5.25. The molecule has 1 saturated heterocycles. The van der Waals surface area contributed by atoms with E-state index >= 15 is 0 Å². The Labute approximate surface area is 102 Å². The van der Waals surface area contributed by atoms with E-state index in [-0.39, 0.29) is 5.91 Å². The van der Waals surface area contributed by atoms with E-state index in [2.05, 4.69) is 4.90 Å². The van der Waals surface area contributed by atoms with Crippen molar-refractivity contribution in [2.75, 3.05) is 12.3 Å². The molecule has 2 N–H and O–H groups in total. The lowest BCUT2D eigenvalue weighted by atomic mass is 10.1. The number of nitrogen functional groups attached to an aromatic ring is 1. The number of anilines is 1. The van der Waals surface area contributed by atoms with E-state index in [9.17, 15) is 4.79 Å². The van der Waals surface area contributed by atoms with Gasteiger partial charge in [0.2, 0.25) is 5.91 Å². The van der Waals surface area contributed by atoms with Crippen LogP contribution in [0.1, 0.15) is 24.8 Å². The molecule has 1 heterocycles. The van der Waals surface area contributed by atoms with E-state index in [1.807, 2.05) is 24.3 Å². The predicted octanol–water partition coefficient (Wildman–Crippen LogP) is 1.82. The van der Waals surface area contributed by atoms with Crippen LogP contribution in [0.4, 0.5) is 5.69 Å². The summed E-state index contributed by atoms with van der Waals surface area (Å²) in [5.74, 6) is 1.01. The van der Waals surface area contributed by atoms with E-state index in [0.717, 1.165) is 23.7 Å². The molecular weight excluding hydrogens is 212 g/mol. The van der Waals surface area contributed by atoms with Crippen molar-refractivity contribution in [1.29, 1.82) is 0 Å². The van der Waals surface area contributed by atoms with Gasteiger partial charge in [-0.1, -0.05) is 18.2 Å². The Morgan fingerprint density at radius 3 is 2.82 bits per heavy atom. The number of rotatable bonds is 2. The van der Waals surface area contributed by atoms with Gasteiger partial charge in [-0.25, -0.2) is 0 Å². The molecule has 0 radical (unpaired) electrons.